The van der Waals surface area contributed by atoms with Crippen LogP contribution in [0.15, 0.2) is 53.4 Å². The third-order valence-corrected chi connectivity index (χ3v) is 6.01. The number of carbonyl (C=O) groups is 1. The molecule has 1 N–H and O–H groups in total. The number of carbonyl (C=O) groups excluding carboxylic acids is 1. The summed E-state index contributed by atoms with van der Waals surface area (Å²) in [4.78, 5) is 12.5. The molecule has 0 radical (unpaired) electrons. The van der Waals surface area contributed by atoms with Crippen LogP contribution < -0.4 is 5.32 Å². The normalized spacial score (nSPS) is 12.8. The topological polar surface area (TPSA) is 75.7 Å². The van der Waals surface area contributed by atoms with Gasteiger partial charge in [0.05, 0.1) is 21.6 Å². The highest BCUT2D eigenvalue weighted by Crippen LogP contribution is 2.22. The Bertz CT molecular complexity index is 870. The van der Waals surface area contributed by atoms with Crippen molar-refractivity contribution in [3.8, 4) is 0 Å². The first-order chi connectivity index (χ1) is 12.3. The van der Waals surface area contributed by atoms with Gasteiger partial charge in [0, 0.05) is 27.7 Å². The summed E-state index contributed by atoms with van der Waals surface area (Å²) in [6, 6.07) is 13.5. The zero-order valence-electron chi connectivity index (χ0n) is 14.8. The lowest BCUT2D eigenvalue weighted by molar-refractivity contribution is 0.0828. The maximum atomic E-state index is 12.5. The molecule has 2 aromatic carbocycles. The number of hydrogen-bond acceptors (Lipinski definition) is 4. The molecule has 1 amide bonds. The van der Waals surface area contributed by atoms with Crippen LogP contribution in [-0.2, 0) is 14.8 Å². The summed E-state index contributed by atoms with van der Waals surface area (Å²) in [5.74, 6) is -0.469. The average molecular weight is 397 g/mol. The second-order valence-electron chi connectivity index (χ2n) is 5.77. The largest absolute Gasteiger partial charge is 0.375 e. The Labute approximate surface area is 158 Å². The summed E-state index contributed by atoms with van der Waals surface area (Å²) in [6.07, 6.45) is -0.326. The van der Waals surface area contributed by atoms with E-state index in [-0.39, 0.29) is 28.1 Å². The summed E-state index contributed by atoms with van der Waals surface area (Å²) < 4.78 is 31.0. The van der Waals surface area contributed by atoms with Crippen molar-refractivity contribution in [1.29, 1.82) is 0 Å². The van der Waals surface area contributed by atoms with Crippen molar-refractivity contribution >= 4 is 27.5 Å². The fourth-order valence-corrected chi connectivity index (χ4v) is 3.47. The van der Waals surface area contributed by atoms with Crippen LogP contribution in [0.2, 0.25) is 5.02 Å². The zero-order chi connectivity index (χ0) is 19.3. The van der Waals surface area contributed by atoms with Crippen LogP contribution in [-0.4, -0.2) is 46.4 Å². The second kappa shape index (κ2) is 8.64. The Balaban J connectivity index is 2.19. The molecule has 26 heavy (non-hydrogen) atoms. The van der Waals surface area contributed by atoms with Crippen molar-refractivity contribution < 1.29 is 17.9 Å². The average Bonchev–Trinajstić information content (AvgIpc) is 2.63. The van der Waals surface area contributed by atoms with E-state index in [0.29, 0.717) is 0 Å². The smallest absolute Gasteiger partial charge is 0.252 e. The monoisotopic (exact) mass is 396 g/mol. The minimum atomic E-state index is -3.66. The molecule has 6 nitrogen and oxygen atoms in total. The number of hydrogen-bond donors (Lipinski definition) is 1. The van der Waals surface area contributed by atoms with Crippen LogP contribution in [0.1, 0.15) is 22.0 Å². The Morgan fingerprint density at radius 1 is 1.19 bits per heavy atom. The summed E-state index contributed by atoms with van der Waals surface area (Å²) in [7, 11) is 0.745. The summed E-state index contributed by atoms with van der Waals surface area (Å²) in [6.45, 7) is 0.223. The van der Waals surface area contributed by atoms with Gasteiger partial charge in [-0.1, -0.05) is 41.9 Å². The Morgan fingerprint density at radius 3 is 2.42 bits per heavy atom. The lowest BCUT2D eigenvalue weighted by Crippen LogP contribution is -2.30. The number of nitrogens with one attached hydrogen (secondary N) is 1. The molecule has 8 heteroatoms. The van der Waals surface area contributed by atoms with Gasteiger partial charge in [0.2, 0.25) is 10.0 Å². The molecule has 1 unspecified atom stereocenters. The molecule has 0 saturated carbocycles. The van der Waals surface area contributed by atoms with Crippen molar-refractivity contribution in [3.63, 3.8) is 0 Å². The lowest BCUT2D eigenvalue weighted by Gasteiger charge is -2.17. The Kier molecular flexibility index (Phi) is 6.77. The van der Waals surface area contributed by atoms with E-state index in [9.17, 15) is 13.2 Å². The van der Waals surface area contributed by atoms with Gasteiger partial charge in [-0.2, -0.15) is 0 Å². The maximum absolute atomic E-state index is 12.5. The van der Waals surface area contributed by atoms with Gasteiger partial charge in [-0.15, -0.1) is 0 Å². The van der Waals surface area contributed by atoms with E-state index < -0.39 is 15.9 Å². The number of benzene rings is 2. The number of ether oxygens (including phenoxy) is 1. The molecule has 0 bridgehead atoms. The van der Waals surface area contributed by atoms with E-state index in [1.54, 1.807) is 7.11 Å². The van der Waals surface area contributed by atoms with Gasteiger partial charge < -0.3 is 10.1 Å². The van der Waals surface area contributed by atoms with Gasteiger partial charge in [-0.25, -0.2) is 12.7 Å². The molecule has 0 aliphatic rings. The number of rotatable bonds is 7. The van der Waals surface area contributed by atoms with Crippen molar-refractivity contribution in [1.82, 2.24) is 9.62 Å². The Morgan fingerprint density at radius 2 is 1.85 bits per heavy atom. The van der Waals surface area contributed by atoms with E-state index in [4.69, 9.17) is 16.3 Å². The molecule has 0 aromatic heterocycles. The van der Waals surface area contributed by atoms with Crippen molar-refractivity contribution in [2.45, 2.75) is 11.0 Å². The first-order valence-corrected chi connectivity index (χ1v) is 9.67. The van der Waals surface area contributed by atoms with E-state index in [0.717, 1.165) is 9.87 Å². The molecule has 2 aromatic rings. The van der Waals surface area contributed by atoms with Gasteiger partial charge >= 0.3 is 0 Å². The minimum absolute atomic E-state index is 0.00315. The second-order valence-corrected chi connectivity index (χ2v) is 8.33. The molecule has 0 aliphatic carbocycles. The predicted molar refractivity (Wildman–Crippen MR) is 101 cm³/mol. The summed E-state index contributed by atoms with van der Waals surface area (Å²) in [5, 5.41) is 2.92. The third-order valence-electron chi connectivity index (χ3n) is 3.86. The summed E-state index contributed by atoms with van der Waals surface area (Å²) >= 11 is 6.09. The van der Waals surface area contributed by atoms with Crippen LogP contribution in [0.25, 0.3) is 0 Å². The number of amides is 1. The highest BCUT2D eigenvalue weighted by atomic mass is 35.5. The minimum Gasteiger partial charge on any atom is -0.375 e. The molecule has 0 spiro atoms. The molecule has 0 saturated heterocycles. The van der Waals surface area contributed by atoms with Crippen LogP contribution in [0.5, 0.6) is 0 Å². The van der Waals surface area contributed by atoms with Crippen LogP contribution >= 0.6 is 11.6 Å². The molecular formula is C18H21ClN2O4S. The number of sulfonamides is 1. The van der Waals surface area contributed by atoms with Crippen molar-refractivity contribution in [3.05, 3.63) is 64.7 Å². The molecule has 0 aliphatic heterocycles. The van der Waals surface area contributed by atoms with E-state index in [1.165, 1.54) is 32.3 Å². The van der Waals surface area contributed by atoms with Crippen LogP contribution in [0.4, 0.5) is 0 Å². The van der Waals surface area contributed by atoms with Gasteiger partial charge in [-0.05, 0) is 23.8 Å². The standard InChI is InChI=1S/C18H21ClN2O4S/c1-21(2)26(23,24)14-9-10-16(19)15(11-14)18(22)20-12-17(25-3)13-7-5-4-6-8-13/h4-11,17H,12H2,1-3H3,(H,20,22). The molecule has 0 fully saturated rings. The van der Waals surface area contributed by atoms with Crippen LogP contribution in [0, 0.1) is 0 Å². The van der Waals surface area contributed by atoms with Gasteiger partial charge in [0.25, 0.3) is 5.91 Å². The zero-order valence-corrected chi connectivity index (χ0v) is 16.3. The van der Waals surface area contributed by atoms with Gasteiger partial charge in [0.15, 0.2) is 0 Å². The molecule has 1 atom stereocenters. The van der Waals surface area contributed by atoms with Crippen molar-refractivity contribution in [2.75, 3.05) is 27.7 Å². The third kappa shape index (κ3) is 4.62. The maximum Gasteiger partial charge on any atom is 0.252 e. The number of halogens is 1. The Hall–Kier alpha value is -1.93. The fourth-order valence-electron chi connectivity index (χ4n) is 2.34. The van der Waals surface area contributed by atoms with Gasteiger partial charge in [-0.3, -0.25) is 4.79 Å². The molecule has 0 heterocycles. The summed E-state index contributed by atoms with van der Waals surface area (Å²) in [5.41, 5.74) is 1.02. The van der Waals surface area contributed by atoms with E-state index in [2.05, 4.69) is 5.32 Å². The predicted octanol–water partition coefficient (Wildman–Crippen LogP) is 2.71. The van der Waals surface area contributed by atoms with Crippen LogP contribution in [0.3, 0.4) is 0 Å². The molecular weight excluding hydrogens is 376 g/mol. The number of methoxy groups -OCH3 is 1. The number of nitrogens with zero attached hydrogens (tertiary/aromatic N) is 1. The quantitative estimate of drug-likeness (QED) is 0.780. The highest BCUT2D eigenvalue weighted by Gasteiger charge is 2.21. The van der Waals surface area contributed by atoms with E-state index >= 15 is 0 Å². The van der Waals surface area contributed by atoms with Gasteiger partial charge in [0.1, 0.15) is 0 Å². The first-order valence-electron chi connectivity index (χ1n) is 7.85. The lowest BCUT2D eigenvalue weighted by atomic mass is 10.1. The van der Waals surface area contributed by atoms with E-state index in [1.807, 2.05) is 30.3 Å². The molecule has 140 valence electrons. The fraction of sp³-hybridized carbons (Fsp3) is 0.278. The van der Waals surface area contributed by atoms with Crippen molar-refractivity contribution in [2.24, 2.45) is 0 Å². The highest BCUT2D eigenvalue weighted by molar-refractivity contribution is 7.89. The first kappa shape index (κ1) is 20.4. The SMILES string of the molecule is COC(CNC(=O)c1cc(S(=O)(=O)N(C)C)ccc1Cl)c1ccccc1. The molecule has 2 rings (SSSR count).